The van der Waals surface area contributed by atoms with Crippen LogP contribution in [0.15, 0.2) is 83.3 Å². The van der Waals surface area contributed by atoms with Gasteiger partial charge in [-0.2, -0.15) is 0 Å². The van der Waals surface area contributed by atoms with E-state index in [1.54, 1.807) is 52.9 Å². The predicted octanol–water partition coefficient (Wildman–Crippen LogP) is 7.27. The van der Waals surface area contributed by atoms with E-state index in [0.717, 1.165) is 11.1 Å². The Bertz CT molecular complexity index is 1980. The second kappa shape index (κ2) is 9.70. The van der Waals surface area contributed by atoms with Gasteiger partial charge in [0.1, 0.15) is 22.6 Å². The summed E-state index contributed by atoms with van der Waals surface area (Å²) in [4.78, 5) is 40.4. The van der Waals surface area contributed by atoms with Crippen molar-refractivity contribution in [1.82, 2.24) is 4.40 Å². The van der Waals surface area contributed by atoms with E-state index in [1.165, 1.54) is 14.2 Å². The molecule has 0 fully saturated rings. The first-order valence-electron chi connectivity index (χ1n) is 12.4. The average molecular weight is 552 g/mol. The average Bonchev–Trinajstić information content (AvgIpc) is 3.56. The van der Waals surface area contributed by atoms with Gasteiger partial charge >= 0.3 is 11.9 Å². The van der Waals surface area contributed by atoms with Crippen molar-refractivity contribution in [2.75, 3.05) is 14.2 Å². The molecule has 0 unspecified atom stereocenters. The normalized spacial score (nSPS) is 11.3. The second-order valence-electron chi connectivity index (χ2n) is 9.35. The molecule has 0 aliphatic heterocycles. The first-order valence-corrected chi connectivity index (χ1v) is 12.8. The fraction of sp³-hybridized carbons (Fsp3) is 0.0938. The number of hydrogen-bond donors (Lipinski definition) is 0. The van der Waals surface area contributed by atoms with Crippen LogP contribution in [0.3, 0.4) is 0 Å². The number of methoxy groups -OCH3 is 2. The van der Waals surface area contributed by atoms with Gasteiger partial charge in [0.15, 0.2) is 5.58 Å². The van der Waals surface area contributed by atoms with E-state index >= 15 is 0 Å². The molecule has 0 amide bonds. The van der Waals surface area contributed by atoms with E-state index in [4.69, 9.17) is 25.5 Å². The zero-order valence-corrected chi connectivity index (χ0v) is 22.5. The molecule has 0 saturated heterocycles. The van der Waals surface area contributed by atoms with Crippen LogP contribution in [0.5, 0.6) is 0 Å². The maximum atomic E-state index is 14.1. The summed E-state index contributed by atoms with van der Waals surface area (Å²) >= 11 is 6.76. The number of esters is 2. The molecule has 0 bridgehead atoms. The Balaban J connectivity index is 1.82. The number of rotatable bonds is 5. The third-order valence-electron chi connectivity index (χ3n) is 6.98. The van der Waals surface area contributed by atoms with E-state index in [0.29, 0.717) is 38.2 Å². The quantitative estimate of drug-likeness (QED) is 0.165. The molecule has 0 aliphatic carbocycles. The van der Waals surface area contributed by atoms with Gasteiger partial charge in [-0.3, -0.25) is 4.79 Å². The molecule has 0 saturated carbocycles. The summed E-state index contributed by atoms with van der Waals surface area (Å²) in [5.74, 6) is -1.53. The Hall–Kier alpha value is -4.88. The monoisotopic (exact) mass is 551 g/mol. The molecule has 0 N–H and O–H groups in total. The summed E-state index contributed by atoms with van der Waals surface area (Å²) in [5, 5.41) is 1.66. The van der Waals surface area contributed by atoms with Gasteiger partial charge < -0.3 is 18.3 Å². The molecule has 7 nitrogen and oxygen atoms in total. The first kappa shape index (κ1) is 25.4. The van der Waals surface area contributed by atoms with Crippen LogP contribution in [0, 0.1) is 6.92 Å². The van der Waals surface area contributed by atoms with Crippen molar-refractivity contribution < 1.29 is 28.3 Å². The number of furan rings is 1. The molecule has 6 rings (SSSR count). The van der Waals surface area contributed by atoms with Crippen LogP contribution < -0.4 is 0 Å². The van der Waals surface area contributed by atoms with E-state index in [2.05, 4.69) is 0 Å². The Kier molecular flexibility index (Phi) is 6.16. The Labute approximate surface area is 233 Å². The minimum Gasteiger partial charge on any atom is -0.465 e. The molecule has 0 atom stereocenters. The molecular weight excluding hydrogens is 530 g/mol. The highest BCUT2D eigenvalue weighted by Crippen LogP contribution is 2.40. The third-order valence-corrected chi connectivity index (χ3v) is 7.29. The number of benzene rings is 3. The van der Waals surface area contributed by atoms with Crippen molar-refractivity contribution in [1.29, 1.82) is 0 Å². The van der Waals surface area contributed by atoms with Crippen LogP contribution in [-0.2, 0) is 9.47 Å². The van der Waals surface area contributed by atoms with Gasteiger partial charge in [-0.25, -0.2) is 9.59 Å². The third kappa shape index (κ3) is 3.86. The predicted molar refractivity (Wildman–Crippen MR) is 152 cm³/mol. The zero-order chi connectivity index (χ0) is 28.1. The van der Waals surface area contributed by atoms with Crippen LogP contribution in [0.25, 0.3) is 38.7 Å². The number of hydrogen-bond acceptors (Lipinski definition) is 6. The minimum absolute atomic E-state index is 0.0593. The minimum atomic E-state index is -0.852. The molecule has 3 aromatic heterocycles. The second-order valence-corrected chi connectivity index (χ2v) is 9.75. The number of ketones is 1. The lowest BCUT2D eigenvalue weighted by Crippen LogP contribution is -2.15. The fourth-order valence-electron chi connectivity index (χ4n) is 5.08. The number of aromatic nitrogens is 1. The van der Waals surface area contributed by atoms with Crippen LogP contribution in [0.2, 0.25) is 5.02 Å². The molecule has 8 heteroatoms. The topological polar surface area (TPSA) is 87.2 Å². The molecule has 0 spiro atoms. The highest BCUT2D eigenvalue weighted by molar-refractivity contribution is 6.37. The van der Waals surface area contributed by atoms with Crippen molar-refractivity contribution in [3.63, 3.8) is 0 Å². The van der Waals surface area contributed by atoms with E-state index in [9.17, 15) is 14.4 Å². The lowest BCUT2D eigenvalue weighted by atomic mass is 10.0. The van der Waals surface area contributed by atoms with E-state index in [-0.39, 0.29) is 22.3 Å². The number of carbonyl (C=O) groups is 3. The van der Waals surface area contributed by atoms with Crippen molar-refractivity contribution in [3.8, 4) is 11.3 Å². The maximum Gasteiger partial charge on any atom is 0.341 e. The largest absolute Gasteiger partial charge is 0.465 e. The summed E-state index contributed by atoms with van der Waals surface area (Å²) in [7, 11) is 2.40. The van der Waals surface area contributed by atoms with Gasteiger partial charge in [0.25, 0.3) is 0 Å². The van der Waals surface area contributed by atoms with Crippen LogP contribution in [0.1, 0.15) is 42.3 Å². The molecule has 3 aromatic carbocycles. The summed E-state index contributed by atoms with van der Waals surface area (Å²) in [5.41, 5.74) is 3.07. The Morgan fingerprint density at radius 1 is 0.825 bits per heavy atom. The summed E-state index contributed by atoms with van der Waals surface area (Å²) in [6, 6.07) is 23.4. The van der Waals surface area contributed by atoms with Gasteiger partial charge in [0.05, 0.1) is 30.3 Å². The van der Waals surface area contributed by atoms with Crippen LogP contribution in [0.4, 0.5) is 0 Å². The molecule has 6 aromatic rings. The van der Waals surface area contributed by atoms with Crippen molar-refractivity contribution in [2.45, 2.75) is 6.92 Å². The molecule has 40 heavy (non-hydrogen) atoms. The number of aryl methyl sites for hydroxylation is 1. The fourth-order valence-corrected chi connectivity index (χ4v) is 5.35. The summed E-state index contributed by atoms with van der Waals surface area (Å²) < 4.78 is 18.1. The van der Waals surface area contributed by atoms with E-state index < -0.39 is 17.7 Å². The van der Waals surface area contributed by atoms with Crippen molar-refractivity contribution in [2.24, 2.45) is 0 Å². The summed E-state index contributed by atoms with van der Waals surface area (Å²) in [6.07, 6.45) is 0. The Morgan fingerprint density at radius 2 is 1.50 bits per heavy atom. The van der Waals surface area contributed by atoms with E-state index in [1.807, 2.05) is 37.3 Å². The highest BCUT2D eigenvalue weighted by atomic mass is 35.5. The number of ether oxygens (including phenoxy) is 2. The standard InChI is InChI=1S/C32H22ClNO6/c1-17-9-11-18(12-10-17)24-16-20-15-22(33)21-13-14-23-25(31(36)38-2)26(32(37)39-3)28(34(23)27(21)30(20)40-24)29(35)19-7-5-4-6-8-19/h4-16H,1-3H3. The van der Waals surface area contributed by atoms with Gasteiger partial charge in [-0.05, 0) is 31.2 Å². The van der Waals surface area contributed by atoms with Crippen LogP contribution >= 0.6 is 11.6 Å². The van der Waals surface area contributed by atoms with Gasteiger partial charge in [-0.15, -0.1) is 0 Å². The molecular formula is C32H22ClNO6. The SMILES string of the molecule is COC(=O)c1c(C(=O)OC)c2ccc3c(Cl)cc4cc(-c5ccc(C)cc5)oc4c3n2c1C(=O)c1ccccc1. The lowest BCUT2D eigenvalue weighted by molar-refractivity contribution is 0.0556. The first-order chi connectivity index (χ1) is 19.3. The number of fused-ring (bicyclic) bond motifs is 5. The number of pyridine rings is 1. The molecule has 0 radical (unpaired) electrons. The molecule has 3 heterocycles. The van der Waals surface area contributed by atoms with Gasteiger partial charge in [-0.1, -0.05) is 71.8 Å². The van der Waals surface area contributed by atoms with Crippen LogP contribution in [-0.4, -0.2) is 36.3 Å². The highest BCUT2D eigenvalue weighted by Gasteiger charge is 2.34. The zero-order valence-electron chi connectivity index (χ0n) is 21.8. The smallest absolute Gasteiger partial charge is 0.341 e. The van der Waals surface area contributed by atoms with Gasteiger partial charge in [0.2, 0.25) is 5.78 Å². The molecule has 198 valence electrons. The number of nitrogens with zero attached hydrogens (tertiary/aromatic N) is 1. The molecule has 0 aliphatic rings. The van der Waals surface area contributed by atoms with Gasteiger partial charge in [0, 0.05) is 21.9 Å². The number of carbonyl (C=O) groups excluding carboxylic acids is 3. The Morgan fingerprint density at radius 3 is 2.17 bits per heavy atom. The number of halogens is 1. The lowest BCUT2D eigenvalue weighted by Gasteiger charge is -2.10. The van der Waals surface area contributed by atoms with Crippen molar-refractivity contribution in [3.05, 3.63) is 112 Å². The van der Waals surface area contributed by atoms with Crippen molar-refractivity contribution >= 4 is 56.7 Å². The maximum absolute atomic E-state index is 14.1. The summed E-state index contributed by atoms with van der Waals surface area (Å²) in [6.45, 7) is 2.00.